The first-order chi connectivity index (χ1) is 18.8. The van der Waals surface area contributed by atoms with E-state index in [1.807, 2.05) is 20.8 Å². The van der Waals surface area contributed by atoms with Crippen LogP contribution in [0.2, 0.25) is 10.0 Å². The van der Waals surface area contributed by atoms with Crippen LogP contribution in [0.4, 0.5) is 5.69 Å². The highest BCUT2D eigenvalue weighted by Gasteiger charge is 2.34. The van der Waals surface area contributed by atoms with Gasteiger partial charge in [-0.05, 0) is 81.3 Å². The molecule has 40 heavy (non-hydrogen) atoms. The maximum Gasteiger partial charge on any atom is 0.264 e. The first-order valence-corrected chi connectivity index (χ1v) is 15.7. The number of anilines is 1. The van der Waals surface area contributed by atoms with Gasteiger partial charge in [-0.2, -0.15) is 0 Å². The van der Waals surface area contributed by atoms with Crippen LogP contribution in [0.1, 0.15) is 38.3 Å². The Kier molecular flexibility index (Phi) is 11.1. The van der Waals surface area contributed by atoms with Crippen LogP contribution < -0.4 is 9.62 Å². The Morgan fingerprint density at radius 2 is 1.60 bits per heavy atom. The first kappa shape index (κ1) is 31.9. The van der Waals surface area contributed by atoms with Crippen LogP contribution in [0.5, 0.6) is 0 Å². The summed E-state index contributed by atoms with van der Waals surface area (Å²) in [5.41, 5.74) is 1.78. The van der Waals surface area contributed by atoms with Crippen molar-refractivity contribution in [1.29, 1.82) is 0 Å². The molecule has 0 aliphatic carbocycles. The third-order valence-electron chi connectivity index (χ3n) is 6.18. The van der Waals surface area contributed by atoms with Crippen molar-refractivity contribution in [3.63, 3.8) is 0 Å². The van der Waals surface area contributed by atoms with Gasteiger partial charge >= 0.3 is 0 Å². The van der Waals surface area contributed by atoms with E-state index in [-0.39, 0.29) is 23.4 Å². The van der Waals surface area contributed by atoms with Crippen LogP contribution in [-0.2, 0) is 26.2 Å². The zero-order valence-corrected chi connectivity index (χ0v) is 26.6. The number of hydrogen-bond donors (Lipinski definition) is 1. The Morgan fingerprint density at radius 1 is 0.975 bits per heavy atom. The molecule has 7 nitrogen and oxygen atoms in total. The molecule has 1 N–H and O–H groups in total. The Labute approximate surface area is 254 Å². The van der Waals surface area contributed by atoms with E-state index in [1.54, 1.807) is 61.5 Å². The van der Waals surface area contributed by atoms with Crippen LogP contribution in [0.25, 0.3) is 0 Å². The minimum Gasteiger partial charge on any atom is -0.352 e. The molecule has 214 valence electrons. The predicted octanol–water partition coefficient (Wildman–Crippen LogP) is 6.59. The molecule has 0 radical (unpaired) electrons. The predicted molar refractivity (Wildman–Crippen MR) is 164 cm³/mol. The van der Waals surface area contributed by atoms with Crippen molar-refractivity contribution >= 4 is 66.7 Å². The summed E-state index contributed by atoms with van der Waals surface area (Å²) in [5, 5.41) is 3.63. The average Bonchev–Trinajstić information content (AvgIpc) is 2.88. The number of nitrogens with zero attached hydrogens (tertiary/aromatic N) is 2. The molecule has 11 heteroatoms. The van der Waals surface area contributed by atoms with E-state index in [0.717, 1.165) is 14.3 Å². The molecule has 0 saturated carbocycles. The fourth-order valence-electron chi connectivity index (χ4n) is 4.11. The van der Waals surface area contributed by atoms with E-state index in [1.165, 1.54) is 17.0 Å². The maximum atomic E-state index is 14.1. The van der Waals surface area contributed by atoms with Crippen LogP contribution in [0, 0.1) is 6.92 Å². The number of carbonyl (C=O) groups excluding carboxylic acids is 2. The fraction of sp³-hybridized carbons (Fsp3) is 0.310. The summed E-state index contributed by atoms with van der Waals surface area (Å²) in [5.74, 6) is -0.900. The minimum absolute atomic E-state index is 0.0163. The second-order valence-electron chi connectivity index (χ2n) is 9.65. The van der Waals surface area contributed by atoms with Crippen molar-refractivity contribution in [2.75, 3.05) is 10.8 Å². The first-order valence-electron chi connectivity index (χ1n) is 12.7. The number of carbonyl (C=O) groups is 2. The molecule has 2 amide bonds. The molecule has 0 aliphatic rings. The Hall–Kier alpha value is -2.59. The summed E-state index contributed by atoms with van der Waals surface area (Å²) in [7, 11) is -4.14. The monoisotopic (exact) mass is 667 g/mol. The number of amides is 2. The van der Waals surface area contributed by atoms with Gasteiger partial charge in [0, 0.05) is 27.1 Å². The molecule has 0 fully saturated rings. The summed E-state index contributed by atoms with van der Waals surface area (Å²) in [4.78, 5) is 28.7. The molecular formula is C29H32BrCl2N3O4S. The van der Waals surface area contributed by atoms with Gasteiger partial charge in [0.25, 0.3) is 10.0 Å². The van der Waals surface area contributed by atoms with Gasteiger partial charge < -0.3 is 10.2 Å². The largest absolute Gasteiger partial charge is 0.352 e. The van der Waals surface area contributed by atoms with Gasteiger partial charge in [-0.1, -0.05) is 69.8 Å². The number of halogens is 3. The van der Waals surface area contributed by atoms with Crippen LogP contribution in [0.15, 0.2) is 76.1 Å². The second-order valence-corrected chi connectivity index (χ2v) is 13.3. The van der Waals surface area contributed by atoms with Crippen LogP contribution >= 0.6 is 39.1 Å². The van der Waals surface area contributed by atoms with Crippen molar-refractivity contribution in [2.24, 2.45) is 0 Å². The van der Waals surface area contributed by atoms with Gasteiger partial charge in [0.15, 0.2) is 0 Å². The molecule has 0 aliphatic heterocycles. The van der Waals surface area contributed by atoms with Crippen LogP contribution in [0.3, 0.4) is 0 Å². The average molecular weight is 669 g/mol. The van der Waals surface area contributed by atoms with Gasteiger partial charge in [-0.15, -0.1) is 0 Å². The van der Waals surface area contributed by atoms with E-state index in [0.29, 0.717) is 27.7 Å². The molecule has 0 unspecified atom stereocenters. The fourth-order valence-corrected chi connectivity index (χ4v) is 6.25. The van der Waals surface area contributed by atoms with E-state index in [2.05, 4.69) is 21.2 Å². The lowest BCUT2D eigenvalue weighted by atomic mass is 10.1. The number of rotatable bonds is 11. The van der Waals surface area contributed by atoms with Crippen molar-refractivity contribution in [3.8, 4) is 0 Å². The molecule has 0 saturated heterocycles. The van der Waals surface area contributed by atoms with Gasteiger partial charge in [0.1, 0.15) is 12.6 Å². The summed E-state index contributed by atoms with van der Waals surface area (Å²) >= 11 is 15.9. The van der Waals surface area contributed by atoms with Gasteiger partial charge in [0.05, 0.1) is 10.6 Å². The lowest BCUT2D eigenvalue weighted by molar-refractivity contribution is -0.140. The van der Waals surface area contributed by atoms with Crippen molar-refractivity contribution in [2.45, 2.75) is 57.6 Å². The third-order valence-corrected chi connectivity index (χ3v) is 9.08. The van der Waals surface area contributed by atoms with Gasteiger partial charge in [-0.3, -0.25) is 13.9 Å². The standard InChI is InChI=1S/C29H32BrCl2N3O4S/c1-5-27(29(37)33-19(2)3)34(17-21-8-11-23(31)16-26(21)32)28(36)18-35(24-12-9-22(30)10-13-24)40(38,39)25-14-6-20(4)7-15-25/h6-16,19,27H,5,17-18H2,1-4H3,(H,33,37)/t27-/m0/s1. The summed E-state index contributed by atoms with van der Waals surface area (Å²) in [6.07, 6.45) is 0.304. The summed E-state index contributed by atoms with van der Waals surface area (Å²) in [6, 6.07) is 16.9. The second kappa shape index (κ2) is 13.9. The molecule has 3 rings (SSSR count). The Morgan fingerprint density at radius 3 is 2.15 bits per heavy atom. The smallest absolute Gasteiger partial charge is 0.264 e. The number of nitrogens with one attached hydrogen (secondary N) is 1. The lowest BCUT2D eigenvalue weighted by Gasteiger charge is -2.33. The van der Waals surface area contributed by atoms with E-state index in [4.69, 9.17) is 23.2 Å². The zero-order chi connectivity index (χ0) is 29.6. The quantitative estimate of drug-likeness (QED) is 0.250. The number of sulfonamides is 1. The molecule has 0 bridgehead atoms. The van der Waals surface area contributed by atoms with E-state index < -0.39 is 28.5 Å². The van der Waals surface area contributed by atoms with Gasteiger partial charge in [0.2, 0.25) is 11.8 Å². The van der Waals surface area contributed by atoms with Crippen molar-refractivity contribution < 1.29 is 18.0 Å². The topological polar surface area (TPSA) is 86.8 Å². The van der Waals surface area contributed by atoms with Gasteiger partial charge in [-0.25, -0.2) is 8.42 Å². The van der Waals surface area contributed by atoms with E-state index >= 15 is 0 Å². The third kappa shape index (κ3) is 8.00. The normalized spacial score (nSPS) is 12.2. The molecule has 0 aromatic heterocycles. The molecule has 3 aromatic rings. The lowest BCUT2D eigenvalue weighted by Crippen LogP contribution is -2.53. The summed E-state index contributed by atoms with van der Waals surface area (Å²) in [6.45, 7) is 6.77. The van der Waals surface area contributed by atoms with Crippen molar-refractivity contribution in [1.82, 2.24) is 10.2 Å². The Bertz CT molecular complexity index is 1450. The molecule has 0 spiro atoms. The zero-order valence-electron chi connectivity index (χ0n) is 22.7. The molecule has 1 atom stereocenters. The highest BCUT2D eigenvalue weighted by molar-refractivity contribution is 9.10. The van der Waals surface area contributed by atoms with Crippen molar-refractivity contribution in [3.05, 3.63) is 92.4 Å². The highest BCUT2D eigenvalue weighted by Crippen LogP contribution is 2.28. The molecular weight excluding hydrogens is 637 g/mol. The van der Waals surface area contributed by atoms with Crippen LogP contribution in [-0.4, -0.2) is 43.8 Å². The molecule has 0 heterocycles. The summed E-state index contributed by atoms with van der Waals surface area (Å²) < 4.78 is 29.6. The minimum atomic E-state index is -4.14. The molecule has 3 aromatic carbocycles. The number of hydrogen-bond acceptors (Lipinski definition) is 4. The number of benzene rings is 3. The number of aryl methyl sites for hydroxylation is 1. The highest BCUT2D eigenvalue weighted by atomic mass is 79.9. The maximum absolute atomic E-state index is 14.1. The Balaban J connectivity index is 2.08. The van der Waals surface area contributed by atoms with E-state index in [9.17, 15) is 18.0 Å². The SMILES string of the molecule is CC[C@@H](C(=O)NC(C)C)N(Cc1ccc(Cl)cc1Cl)C(=O)CN(c1ccc(Br)cc1)S(=O)(=O)c1ccc(C)cc1.